The maximum atomic E-state index is 12.7. The van der Waals surface area contributed by atoms with Crippen molar-refractivity contribution in [3.8, 4) is 0 Å². The SMILES string of the molecule is Cc1ccc(NS(=O)(=O)c2ccc(NC(=S)NC(=O)c3cccc(Br)c3)cc2)c(C)c1. The first kappa shape index (κ1) is 22.9. The second kappa shape index (κ2) is 9.59. The zero-order chi connectivity index (χ0) is 22.6. The van der Waals surface area contributed by atoms with Crippen LogP contribution in [0.5, 0.6) is 0 Å². The zero-order valence-electron chi connectivity index (χ0n) is 16.8. The maximum absolute atomic E-state index is 12.7. The van der Waals surface area contributed by atoms with Crippen LogP contribution >= 0.6 is 28.1 Å². The van der Waals surface area contributed by atoms with E-state index < -0.39 is 10.0 Å². The predicted molar refractivity (Wildman–Crippen MR) is 131 cm³/mol. The fraction of sp³-hybridized carbons (Fsp3) is 0.0909. The monoisotopic (exact) mass is 517 g/mol. The summed E-state index contributed by atoms with van der Waals surface area (Å²) in [6.07, 6.45) is 0. The molecule has 0 aliphatic carbocycles. The lowest BCUT2D eigenvalue weighted by Crippen LogP contribution is -2.34. The van der Waals surface area contributed by atoms with E-state index in [2.05, 4.69) is 31.3 Å². The number of benzene rings is 3. The van der Waals surface area contributed by atoms with Crippen LogP contribution in [-0.4, -0.2) is 19.4 Å². The summed E-state index contributed by atoms with van der Waals surface area (Å²) in [4.78, 5) is 12.4. The number of amides is 1. The molecule has 0 aromatic heterocycles. The van der Waals surface area contributed by atoms with Gasteiger partial charge in [0, 0.05) is 15.7 Å². The van der Waals surface area contributed by atoms with Gasteiger partial charge in [0.05, 0.1) is 10.6 Å². The molecule has 0 aliphatic heterocycles. The number of nitrogens with one attached hydrogen (secondary N) is 3. The molecule has 9 heteroatoms. The van der Waals surface area contributed by atoms with Gasteiger partial charge in [-0.05, 0) is 80.2 Å². The predicted octanol–water partition coefficient (Wildman–Crippen LogP) is 4.99. The Bertz CT molecular complexity index is 1240. The highest BCUT2D eigenvalue weighted by atomic mass is 79.9. The topological polar surface area (TPSA) is 87.3 Å². The molecule has 3 aromatic carbocycles. The Balaban J connectivity index is 1.65. The molecule has 0 unspecified atom stereocenters. The standard InChI is InChI=1S/C22H20BrN3O3S2/c1-14-6-11-20(15(2)12-14)26-31(28,29)19-9-7-18(8-10-19)24-22(30)25-21(27)16-4-3-5-17(23)13-16/h3-13,26H,1-2H3,(H2,24,25,27,30). The van der Waals surface area contributed by atoms with Gasteiger partial charge >= 0.3 is 0 Å². The van der Waals surface area contributed by atoms with E-state index in [-0.39, 0.29) is 15.9 Å². The van der Waals surface area contributed by atoms with E-state index >= 15 is 0 Å². The first-order valence-electron chi connectivity index (χ1n) is 9.22. The molecule has 6 nitrogen and oxygen atoms in total. The van der Waals surface area contributed by atoms with Gasteiger partial charge in [-0.3, -0.25) is 14.8 Å². The van der Waals surface area contributed by atoms with Crippen LogP contribution in [0.2, 0.25) is 0 Å². The number of carbonyl (C=O) groups excluding carboxylic acids is 1. The fourth-order valence-electron chi connectivity index (χ4n) is 2.82. The Labute approximate surface area is 195 Å². The molecule has 0 saturated carbocycles. The van der Waals surface area contributed by atoms with Crippen LogP contribution in [0, 0.1) is 13.8 Å². The minimum Gasteiger partial charge on any atom is -0.332 e. The number of anilines is 2. The summed E-state index contributed by atoms with van der Waals surface area (Å²) < 4.78 is 28.8. The van der Waals surface area contributed by atoms with Gasteiger partial charge in [-0.25, -0.2) is 8.42 Å². The van der Waals surface area contributed by atoms with Crippen molar-refractivity contribution in [3.05, 3.63) is 87.9 Å². The minimum absolute atomic E-state index is 0.106. The van der Waals surface area contributed by atoms with Gasteiger partial charge in [-0.15, -0.1) is 0 Å². The number of hydrogen-bond acceptors (Lipinski definition) is 4. The summed E-state index contributed by atoms with van der Waals surface area (Å²) in [6, 6.07) is 18.5. The van der Waals surface area contributed by atoms with Crippen molar-refractivity contribution in [2.45, 2.75) is 18.7 Å². The first-order valence-corrected chi connectivity index (χ1v) is 11.9. The van der Waals surface area contributed by atoms with Gasteiger partial charge in [0.25, 0.3) is 15.9 Å². The number of aryl methyl sites for hydroxylation is 2. The van der Waals surface area contributed by atoms with Crippen molar-refractivity contribution in [1.82, 2.24) is 5.32 Å². The summed E-state index contributed by atoms with van der Waals surface area (Å²) in [6.45, 7) is 3.80. The van der Waals surface area contributed by atoms with Crippen LogP contribution in [0.4, 0.5) is 11.4 Å². The third-order valence-electron chi connectivity index (χ3n) is 4.36. The minimum atomic E-state index is -3.74. The van der Waals surface area contributed by atoms with Gasteiger partial charge in [0.2, 0.25) is 0 Å². The highest BCUT2D eigenvalue weighted by Gasteiger charge is 2.15. The van der Waals surface area contributed by atoms with E-state index in [1.54, 1.807) is 36.4 Å². The van der Waals surface area contributed by atoms with Crippen LogP contribution < -0.4 is 15.4 Å². The van der Waals surface area contributed by atoms with Crippen molar-refractivity contribution in [1.29, 1.82) is 0 Å². The first-order chi connectivity index (χ1) is 14.6. The lowest BCUT2D eigenvalue weighted by molar-refractivity contribution is 0.0977. The van der Waals surface area contributed by atoms with Crippen LogP contribution in [0.3, 0.4) is 0 Å². The van der Waals surface area contributed by atoms with Gasteiger partial charge in [0.1, 0.15) is 0 Å². The lowest BCUT2D eigenvalue weighted by Gasteiger charge is -2.13. The third-order valence-corrected chi connectivity index (χ3v) is 6.44. The Kier molecular flexibility index (Phi) is 7.09. The van der Waals surface area contributed by atoms with Gasteiger partial charge < -0.3 is 5.32 Å². The van der Waals surface area contributed by atoms with Crippen molar-refractivity contribution in [2.24, 2.45) is 0 Å². The summed E-state index contributed by atoms with van der Waals surface area (Å²) in [5.74, 6) is -0.351. The molecular formula is C22H20BrN3O3S2. The second-order valence-electron chi connectivity index (χ2n) is 6.87. The number of rotatable bonds is 5. The molecule has 3 N–H and O–H groups in total. The van der Waals surface area contributed by atoms with Crippen LogP contribution in [0.1, 0.15) is 21.5 Å². The Morgan fingerprint density at radius 3 is 2.32 bits per heavy atom. The highest BCUT2D eigenvalue weighted by molar-refractivity contribution is 9.10. The molecule has 3 rings (SSSR count). The largest absolute Gasteiger partial charge is 0.332 e. The molecule has 160 valence electrons. The van der Waals surface area contributed by atoms with E-state index in [0.717, 1.165) is 15.6 Å². The Morgan fingerprint density at radius 2 is 1.68 bits per heavy atom. The van der Waals surface area contributed by atoms with E-state index in [4.69, 9.17) is 12.2 Å². The normalized spacial score (nSPS) is 10.9. The second-order valence-corrected chi connectivity index (χ2v) is 9.87. The Morgan fingerprint density at radius 1 is 0.968 bits per heavy atom. The number of hydrogen-bond donors (Lipinski definition) is 3. The van der Waals surface area contributed by atoms with E-state index in [1.165, 1.54) is 12.1 Å². The summed E-state index contributed by atoms with van der Waals surface area (Å²) in [5.41, 5.74) is 3.43. The molecule has 0 atom stereocenters. The lowest BCUT2D eigenvalue weighted by atomic mass is 10.1. The summed E-state index contributed by atoms with van der Waals surface area (Å²) in [5, 5.41) is 5.57. The van der Waals surface area contributed by atoms with Gasteiger partial charge in [0.15, 0.2) is 5.11 Å². The molecule has 1 amide bonds. The Hall–Kier alpha value is -2.75. The van der Waals surface area contributed by atoms with Crippen molar-refractivity contribution in [2.75, 3.05) is 10.0 Å². The molecule has 0 heterocycles. The quantitative estimate of drug-likeness (QED) is 0.414. The molecule has 3 aromatic rings. The fourth-order valence-corrected chi connectivity index (χ4v) is 4.56. The summed E-state index contributed by atoms with van der Waals surface area (Å²) >= 11 is 8.50. The number of carbonyl (C=O) groups is 1. The van der Waals surface area contributed by atoms with Gasteiger partial charge in [-0.2, -0.15) is 0 Å². The number of halogens is 1. The zero-order valence-corrected chi connectivity index (χ0v) is 20.0. The van der Waals surface area contributed by atoms with E-state index in [0.29, 0.717) is 16.9 Å². The van der Waals surface area contributed by atoms with Crippen molar-refractivity contribution in [3.63, 3.8) is 0 Å². The van der Waals surface area contributed by atoms with Crippen molar-refractivity contribution >= 4 is 60.6 Å². The molecule has 0 aliphatic rings. The third kappa shape index (κ3) is 6.13. The molecule has 0 radical (unpaired) electrons. The maximum Gasteiger partial charge on any atom is 0.261 e. The molecule has 0 bridgehead atoms. The average Bonchev–Trinajstić information content (AvgIpc) is 2.70. The van der Waals surface area contributed by atoms with Crippen LogP contribution in [0.25, 0.3) is 0 Å². The van der Waals surface area contributed by atoms with Gasteiger partial charge in [-0.1, -0.05) is 39.7 Å². The van der Waals surface area contributed by atoms with Crippen LogP contribution in [0.15, 0.2) is 76.1 Å². The summed E-state index contributed by atoms with van der Waals surface area (Å²) in [7, 11) is -3.74. The molecule has 0 spiro atoms. The number of thiocarbonyl (C=S) groups is 1. The van der Waals surface area contributed by atoms with E-state index in [1.807, 2.05) is 32.0 Å². The van der Waals surface area contributed by atoms with Crippen molar-refractivity contribution < 1.29 is 13.2 Å². The molecular weight excluding hydrogens is 498 g/mol. The number of sulfonamides is 1. The average molecular weight is 518 g/mol. The van der Waals surface area contributed by atoms with E-state index in [9.17, 15) is 13.2 Å². The smallest absolute Gasteiger partial charge is 0.261 e. The highest BCUT2D eigenvalue weighted by Crippen LogP contribution is 2.22. The molecule has 31 heavy (non-hydrogen) atoms. The molecule has 0 fully saturated rings. The van der Waals surface area contributed by atoms with Crippen LogP contribution in [-0.2, 0) is 10.0 Å². The molecule has 0 saturated heterocycles.